The third-order valence-electron chi connectivity index (χ3n) is 13.7. The molecule has 0 spiro atoms. The van der Waals surface area contributed by atoms with E-state index < -0.39 is 136 Å². The molecule has 0 atom stereocenters. The molecule has 0 saturated carbocycles. The van der Waals surface area contributed by atoms with Crippen molar-refractivity contribution >= 4 is 86.9 Å². The zero-order valence-electron chi connectivity index (χ0n) is 54.4. The van der Waals surface area contributed by atoms with Gasteiger partial charge in [-0.15, -0.1) is 0 Å². The van der Waals surface area contributed by atoms with Gasteiger partial charge in [0.15, 0.2) is 34.9 Å². The number of benzene rings is 10. The summed E-state index contributed by atoms with van der Waals surface area (Å²) in [7, 11) is -25.0. The smallest absolute Gasteiger partial charge is 0.344 e. The Balaban J connectivity index is 0.000000210. The van der Waals surface area contributed by atoms with Crippen LogP contribution in [0, 0.1) is 46.5 Å². The van der Waals surface area contributed by atoms with Crippen LogP contribution in [-0.4, -0.2) is 70.8 Å². The molecule has 0 saturated heterocycles. The van der Waals surface area contributed by atoms with Crippen molar-refractivity contribution < 1.29 is 128 Å². The quantitative estimate of drug-likeness (QED) is 0.0200. The van der Waals surface area contributed by atoms with Crippen LogP contribution in [0.3, 0.4) is 0 Å². The van der Waals surface area contributed by atoms with Crippen molar-refractivity contribution in [2.45, 2.75) is 37.7 Å². The second-order valence-corrected chi connectivity index (χ2v) is 27.6. The van der Waals surface area contributed by atoms with Crippen molar-refractivity contribution in [3.05, 3.63) is 318 Å². The molecular weight excluding hydrogens is 1530 g/mol. The van der Waals surface area contributed by atoms with Crippen molar-refractivity contribution in [2.75, 3.05) is 0 Å². The van der Waals surface area contributed by atoms with Crippen molar-refractivity contribution in [3.63, 3.8) is 0 Å². The van der Waals surface area contributed by atoms with Crippen molar-refractivity contribution in [1.82, 2.24) is 0 Å². The Morgan fingerprint density at radius 1 is 0.327 bits per heavy atom. The fourth-order valence-electron chi connectivity index (χ4n) is 8.34. The Labute approximate surface area is 607 Å². The van der Waals surface area contributed by atoms with Gasteiger partial charge in [0, 0.05) is 0 Å². The maximum Gasteiger partial charge on any atom is 0.344 e. The summed E-state index contributed by atoms with van der Waals surface area (Å²) in [5, 5.41) is 0. The molecule has 0 fully saturated rings. The Hall–Kier alpha value is -11.4. The van der Waals surface area contributed by atoms with Crippen LogP contribution in [0.2, 0.25) is 0 Å². The summed E-state index contributed by atoms with van der Waals surface area (Å²) in [6.07, 6.45) is 8.10. The number of hydrogen-bond acceptors (Lipinski definition) is 21. The first kappa shape index (κ1) is 84.5. The molecular formula is C73H51F8O21S5-5. The van der Waals surface area contributed by atoms with E-state index in [9.17, 15) is 105 Å². The Morgan fingerprint density at radius 3 is 0.963 bits per heavy atom. The number of ether oxygens (including phenoxy) is 5. The van der Waals surface area contributed by atoms with Crippen molar-refractivity contribution in [3.8, 4) is 40.2 Å². The third-order valence-corrected chi connectivity index (χ3v) is 18.0. The van der Waals surface area contributed by atoms with E-state index in [4.69, 9.17) is 23.7 Å². The first-order valence-electron chi connectivity index (χ1n) is 29.5. The van der Waals surface area contributed by atoms with Crippen LogP contribution < -0.4 is 23.7 Å². The van der Waals surface area contributed by atoms with Gasteiger partial charge in [-0.3, -0.25) is 0 Å². The van der Waals surface area contributed by atoms with E-state index in [0.29, 0.717) is 29.4 Å². The van der Waals surface area contributed by atoms with Crippen LogP contribution in [0.15, 0.2) is 251 Å². The van der Waals surface area contributed by atoms with E-state index in [1.54, 1.807) is 78.9 Å². The predicted octanol–water partition coefficient (Wildman–Crippen LogP) is 15.2. The normalized spacial score (nSPS) is 11.1. The van der Waals surface area contributed by atoms with Gasteiger partial charge in [0.1, 0.15) is 108 Å². The molecule has 0 radical (unpaired) electrons. The van der Waals surface area contributed by atoms with E-state index in [1.807, 2.05) is 36.4 Å². The lowest BCUT2D eigenvalue weighted by Crippen LogP contribution is -2.14. The zero-order chi connectivity index (χ0) is 79.4. The largest absolute Gasteiger partial charge is 0.744 e. The standard InChI is InChI=1S/C15H10F4O4S.C15H12O5S.C15H14O4S.C14H8F4O4S.C14H12O4S/c1-2-8-3-5-9(6-4-8)23-7-10-11(16)13(18)15(24(20,21)22)14(19)12(10)17;1-2-11-7-9-12(10-8-11)20-15(16)13-5-3-4-6-14(13)21(17,18)19;1-2-12-3-7-14(8-4-12)19-11-13-5-9-15(10-6-13)20(16,17)18;1-2-7-3-5-8(6-4-7)22-13-9(15)11(17)14(23(19,20)21)12(18)10(13)16;1-2-11-3-5-12(6-4-11)18-13-7-9-14(10-8-13)19(15,16)17/h2-6H,1,7H2,(H,20,21,22);2-10H,1H2,(H,17,18,19);2-10H,1,11H2,(H,16,17,18);2-6H,1H2,(H,19,20,21);2-10H,1H2,(H,15,16,17)/p-5. The highest BCUT2D eigenvalue weighted by atomic mass is 32.2. The fraction of sp³-hybridized carbons (Fsp3) is 0.0274. The second-order valence-electron chi connectivity index (χ2n) is 20.9. The van der Waals surface area contributed by atoms with Crippen LogP contribution in [0.1, 0.15) is 49.3 Å². The predicted molar refractivity (Wildman–Crippen MR) is 368 cm³/mol. The summed E-state index contributed by atoms with van der Waals surface area (Å²) in [5.74, 6) is -18.0. The van der Waals surface area contributed by atoms with E-state index in [2.05, 4.69) is 32.9 Å². The molecule has 10 aromatic carbocycles. The fourth-order valence-corrected chi connectivity index (χ4v) is 11.2. The van der Waals surface area contributed by atoms with Gasteiger partial charge in [0.05, 0.1) is 25.8 Å². The van der Waals surface area contributed by atoms with E-state index in [1.165, 1.54) is 103 Å². The molecule has 107 heavy (non-hydrogen) atoms. The van der Waals surface area contributed by atoms with Crippen LogP contribution in [0.25, 0.3) is 30.4 Å². The summed E-state index contributed by atoms with van der Waals surface area (Å²) in [6.45, 7) is 17.3. The maximum absolute atomic E-state index is 13.8. The number of carbonyl (C=O) groups excluding carboxylic acids is 1. The lowest BCUT2D eigenvalue weighted by atomic mass is 10.2. The van der Waals surface area contributed by atoms with Gasteiger partial charge >= 0.3 is 5.97 Å². The molecule has 0 aliphatic heterocycles. The molecule has 0 aliphatic carbocycles. The Morgan fingerprint density at radius 2 is 0.626 bits per heavy atom. The number of hydrogen-bond donors (Lipinski definition) is 0. The Bertz CT molecular complexity index is 5450. The third kappa shape index (κ3) is 24.0. The minimum absolute atomic E-state index is 0.140. The minimum Gasteiger partial charge on any atom is -0.744 e. The van der Waals surface area contributed by atoms with Crippen molar-refractivity contribution in [1.29, 1.82) is 0 Å². The summed E-state index contributed by atoms with van der Waals surface area (Å²) < 4.78 is 297. The van der Waals surface area contributed by atoms with Gasteiger partial charge in [-0.2, -0.15) is 8.78 Å². The van der Waals surface area contributed by atoms with E-state index in [-0.39, 0.29) is 32.6 Å². The summed E-state index contributed by atoms with van der Waals surface area (Å²) in [6, 6.07) is 48.6. The van der Waals surface area contributed by atoms with Crippen LogP contribution in [0.4, 0.5) is 35.1 Å². The number of halogens is 8. The van der Waals surface area contributed by atoms with E-state index >= 15 is 0 Å². The number of esters is 1. The molecule has 0 bridgehead atoms. The van der Waals surface area contributed by atoms with Crippen LogP contribution in [-0.2, 0) is 63.8 Å². The molecule has 10 rings (SSSR count). The summed E-state index contributed by atoms with van der Waals surface area (Å²) in [5.41, 5.74) is 3.51. The molecule has 34 heteroatoms. The molecule has 560 valence electrons. The average Bonchev–Trinajstić information content (AvgIpc) is 0.771. The molecule has 0 aliphatic rings. The monoisotopic (exact) mass is 1580 g/mol. The topological polar surface area (TPSA) is 349 Å². The molecule has 0 amide bonds. The highest BCUT2D eigenvalue weighted by molar-refractivity contribution is 7.86. The lowest BCUT2D eigenvalue weighted by molar-refractivity contribution is 0.0730. The number of carbonyl (C=O) groups is 1. The SMILES string of the molecule is C=Cc1ccc(OC(=O)c2ccccc2S(=O)(=O)[O-])cc1.C=Cc1ccc(OCc2c(F)c(F)c(S(=O)(=O)[O-])c(F)c2F)cc1.C=Cc1ccc(OCc2ccc(S(=O)(=O)[O-])cc2)cc1.C=Cc1ccc(Oc2c(F)c(F)c(S(=O)(=O)[O-])c(F)c2F)cc1.C=Cc1ccc(Oc2ccc(S(=O)(=O)[O-])cc2)cc1. The zero-order valence-corrected chi connectivity index (χ0v) is 58.5. The van der Waals surface area contributed by atoms with Gasteiger partial charge in [0.25, 0.3) is 0 Å². The molecule has 0 N–H and O–H groups in total. The highest BCUT2D eigenvalue weighted by Crippen LogP contribution is 2.36. The van der Waals surface area contributed by atoms with E-state index in [0.717, 1.165) is 33.9 Å². The molecule has 0 heterocycles. The number of rotatable bonds is 22. The first-order valence-corrected chi connectivity index (χ1v) is 36.5. The summed E-state index contributed by atoms with van der Waals surface area (Å²) in [4.78, 5) is 6.44. The molecule has 10 aromatic rings. The van der Waals surface area contributed by atoms with Gasteiger partial charge in [-0.25, -0.2) is 73.2 Å². The first-order chi connectivity index (χ1) is 50.2. The minimum atomic E-state index is -5.75. The highest BCUT2D eigenvalue weighted by Gasteiger charge is 2.31. The lowest BCUT2D eigenvalue weighted by Gasteiger charge is -2.14. The Kier molecular flexibility index (Phi) is 29.2. The molecule has 21 nitrogen and oxygen atoms in total. The van der Waals surface area contributed by atoms with Gasteiger partial charge in [-0.05, 0) is 143 Å². The second kappa shape index (κ2) is 37.0. The van der Waals surface area contributed by atoms with Crippen LogP contribution >= 0.6 is 0 Å². The summed E-state index contributed by atoms with van der Waals surface area (Å²) >= 11 is 0. The maximum atomic E-state index is 13.8. The van der Waals surface area contributed by atoms with Crippen molar-refractivity contribution in [2.24, 2.45) is 0 Å². The van der Waals surface area contributed by atoms with Gasteiger partial charge in [-0.1, -0.05) is 148 Å². The van der Waals surface area contributed by atoms with Crippen LogP contribution in [0.5, 0.6) is 40.2 Å². The molecule has 0 unspecified atom stereocenters. The van der Waals surface area contributed by atoms with Gasteiger partial charge in [0.2, 0.25) is 17.4 Å². The molecule has 0 aromatic heterocycles. The average molecular weight is 1580 g/mol. The van der Waals surface area contributed by atoms with Gasteiger partial charge < -0.3 is 46.4 Å².